The second kappa shape index (κ2) is 8.78. The van der Waals surface area contributed by atoms with E-state index in [9.17, 15) is 13.2 Å². The largest absolute Gasteiger partial charge is 0.310 e. The first-order valence-corrected chi connectivity index (χ1v) is 11.9. The number of amides is 1. The van der Waals surface area contributed by atoms with Crippen molar-refractivity contribution in [3.63, 3.8) is 0 Å². The van der Waals surface area contributed by atoms with Gasteiger partial charge in [0.05, 0.1) is 15.9 Å². The van der Waals surface area contributed by atoms with Gasteiger partial charge >= 0.3 is 0 Å². The molecule has 0 aliphatic carbocycles. The molecule has 1 amide bonds. The van der Waals surface area contributed by atoms with E-state index < -0.39 is 10.0 Å². The fourth-order valence-electron chi connectivity index (χ4n) is 3.77. The number of benzene rings is 2. The number of nitrogens with one attached hydrogen (secondary N) is 1. The third kappa shape index (κ3) is 4.34. The number of fused-ring (bicyclic) bond motifs is 1. The highest BCUT2D eigenvalue weighted by atomic mass is 32.2. The topological polar surface area (TPSA) is 87.5 Å². The lowest BCUT2D eigenvalue weighted by atomic mass is 10.2. The van der Waals surface area contributed by atoms with Crippen molar-refractivity contribution in [2.75, 3.05) is 38.5 Å². The number of carbonyl (C=O) groups excluding carboxylic acids is 1. The van der Waals surface area contributed by atoms with Gasteiger partial charge in [-0.25, -0.2) is 13.4 Å². The highest BCUT2D eigenvalue weighted by Gasteiger charge is 2.28. The Morgan fingerprint density at radius 2 is 1.81 bits per heavy atom. The maximum Gasteiger partial charge on any atom is 0.258 e. The first kappa shape index (κ1) is 21.5. The van der Waals surface area contributed by atoms with Crippen molar-refractivity contribution in [3.8, 4) is 0 Å². The summed E-state index contributed by atoms with van der Waals surface area (Å²) in [5.74, 6) is 0.0727. The molecular weight excluding hydrogens is 414 g/mol. The summed E-state index contributed by atoms with van der Waals surface area (Å²) in [5, 5.41) is 2.86. The summed E-state index contributed by atoms with van der Waals surface area (Å²) in [7, 11) is -1.67. The fraction of sp³-hybridized carbons (Fsp3) is 0.364. The average Bonchev–Trinajstić information content (AvgIpc) is 3.11. The van der Waals surface area contributed by atoms with Gasteiger partial charge in [-0.15, -0.1) is 0 Å². The van der Waals surface area contributed by atoms with Gasteiger partial charge < -0.3 is 9.47 Å². The van der Waals surface area contributed by atoms with Crippen LogP contribution in [-0.2, 0) is 16.6 Å². The zero-order valence-corrected chi connectivity index (χ0v) is 18.6. The van der Waals surface area contributed by atoms with Crippen LogP contribution in [-0.4, -0.2) is 66.3 Å². The van der Waals surface area contributed by atoms with Gasteiger partial charge in [0.15, 0.2) is 0 Å². The fourth-order valence-corrected chi connectivity index (χ4v) is 5.24. The van der Waals surface area contributed by atoms with Gasteiger partial charge in [0, 0.05) is 38.3 Å². The molecule has 1 aromatic heterocycles. The molecule has 0 bridgehead atoms. The second-order valence-corrected chi connectivity index (χ2v) is 9.70. The summed E-state index contributed by atoms with van der Waals surface area (Å²) in [6.07, 6.45) is 0.891. The van der Waals surface area contributed by atoms with Crippen molar-refractivity contribution in [1.29, 1.82) is 0 Å². The summed E-state index contributed by atoms with van der Waals surface area (Å²) in [5.41, 5.74) is 2.04. The van der Waals surface area contributed by atoms with E-state index in [1.165, 1.54) is 16.4 Å². The summed E-state index contributed by atoms with van der Waals surface area (Å²) >= 11 is 0. The summed E-state index contributed by atoms with van der Waals surface area (Å²) in [6, 6.07) is 13.9. The summed E-state index contributed by atoms with van der Waals surface area (Å²) in [6.45, 7) is 5.04. The molecule has 0 spiro atoms. The summed E-state index contributed by atoms with van der Waals surface area (Å²) in [4.78, 5) is 19.7. The van der Waals surface area contributed by atoms with Gasteiger partial charge in [0.1, 0.15) is 0 Å². The normalized spacial score (nSPS) is 15.9. The zero-order chi connectivity index (χ0) is 22.0. The van der Waals surface area contributed by atoms with Crippen LogP contribution < -0.4 is 5.32 Å². The number of likely N-dealkylation sites (N-methyl/N-ethyl adjacent to an activating group) is 1. The monoisotopic (exact) mass is 441 g/mol. The molecule has 9 heteroatoms. The van der Waals surface area contributed by atoms with E-state index in [-0.39, 0.29) is 16.4 Å². The molecule has 1 N–H and O–H groups in total. The number of hydrogen-bond donors (Lipinski definition) is 1. The van der Waals surface area contributed by atoms with Crippen LogP contribution >= 0.6 is 0 Å². The molecule has 0 saturated carbocycles. The van der Waals surface area contributed by atoms with E-state index in [1.807, 2.05) is 35.9 Å². The van der Waals surface area contributed by atoms with E-state index in [1.54, 1.807) is 12.1 Å². The van der Waals surface area contributed by atoms with Crippen molar-refractivity contribution < 1.29 is 13.2 Å². The third-order valence-corrected chi connectivity index (χ3v) is 7.42. The predicted molar refractivity (Wildman–Crippen MR) is 121 cm³/mol. The molecular formula is C22H27N5O3S. The molecule has 1 aliphatic rings. The van der Waals surface area contributed by atoms with Crippen LogP contribution in [0.1, 0.15) is 23.7 Å². The molecule has 164 valence electrons. The minimum absolute atomic E-state index is 0.131. The lowest BCUT2D eigenvalue weighted by molar-refractivity contribution is 0.102. The molecule has 0 atom stereocenters. The molecule has 4 rings (SSSR count). The number of aryl methyl sites for hydroxylation is 1. The highest BCUT2D eigenvalue weighted by Crippen LogP contribution is 2.22. The minimum Gasteiger partial charge on any atom is -0.310 e. The van der Waals surface area contributed by atoms with Crippen LogP contribution in [0.25, 0.3) is 11.0 Å². The first-order valence-electron chi connectivity index (χ1n) is 10.5. The number of carbonyl (C=O) groups is 1. The number of hydrogen-bond acceptors (Lipinski definition) is 5. The Morgan fingerprint density at radius 3 is 2.55 bits per heavy atom. The van der Waals surface area contributed by atoms with E-state index in [4.69, 9.17) is 0 Å². The van der Waals surface area contributed by atoms with Crippen molar-refractivity contribution in [2.45, 2.75) is 24.8 Å². The number of anilines is 1. The number of para-hydroxylation sites is 2. The Kier molecular flexibility index (Phi) is 6.08. The smallest absolute Gasteiger partial charge is 0.258 e. The molecule has 1 aliphatic heterocycles. The number of rotatable bonds is 6. The maximum atomic E-state index is 13.0. The summed E-state index contributed by atoms with van der Waals surface area (Å²) < 4.78 is 29.5. The predicted octanol–water partition coefficient (Wildman–Crippen LogP) is 2.63. The Morgan fingerprint density at radius 1 is 1.06 bits per heavy atom. The second-order valence-electron chi connectivity index (χ2n) is 7.77. The van der Waals surface area contributed by atoms with E-state index in [2.05, 4.69) is 22.1 Å². The highest BCUT2D eigenvalue weighted by molar-refractivity contribution is 7.89. The molecule has 0 unspecified atom stereocenters. The minimum atomic E-state index is -3.65. The average molecular weight is 442 g/mol. The zero-order valence-electron chi connectivity index (χ0n) is 17.8. The number of nitrogens with zero attached hydrogens (tertiary/aromatic N) is 4. The molecule has 3 aromatic rings. The molecule has 31 heavy (non-hydrogen) atoms. The van der Waals surface area contributed by atoms with Gasteiger partial charge in [0.25, 0.3) is 5.91 Å². The van der Waals surface area contributed by atoms with Gasteiger partial charge in [-0.05, 0) is 43.8 Å². The van der Waals surface area contributed by atoms with Crippen LogP contribution in [0.4, 0.5) is 5.95 Å². The van der Waals surface area contributed by atoms with Crippen molar-refractivity contribution in [1.82, 2.24) is 18.8 Å². The van der Waals surface area contributed by atoms with Gasteiger partial charge in [0.2, 0.25) is 16.0 Å². The molecule has 2 aromatic carbocycles. The van der Waals surface area contributed by atoms with E-state index in [0.29, 0.717) is 38.7 Å². The van der Waals surface area contributed by atoms with Gasteiger partial charge in [-0.1, -0.05) is 25.1 Å². The quantitative estimate of drug-likeness (QED) is 0.635. The standard InChI is InChI=1S/C22H27N5O3S/c1-3-11-27-20-10-5-4-9-19(20)23-22(27)24-21(28)17-7-6-8-18(16-17)31(29,30)26-14-12-25(2)13-15-26/h4-10,16H,3,11-15H2,1-2H3,(H,23,24,28). The number of imidazole rings is 1. The molecule has 1 saturated heterocycles. The lowest BCUT2D eigenvalue weighted by Crippen LogP contribution is -2.47. The van der Waals surface area contributed by atoms with E-state index in [0.717, 1.165) is 17.5 Å². The molecule has 0 radical (unpaired) electrons. The number of piperazine rings is 1. The SMILES string of the molecule is CCCn1c(NC(=O)c2cccc(S(=O)(=O)N3CCN(C)CC3)c2)nc2ccccc21. The Bertz CT molecular complexity index is 1200. The van der Waals surface area contributed by atoms with E-state index >= 15 is 0 Å². The Balaban J connectivity index is 1.59. The van der Waals surface area contributed by atoms with Crippen LogP contribution in [0, 0.1) is 0 Å². The molecule has 8 nitrogen and oxygen atoms in total. The Hall–Kier alpha value is -2.75. The maximum absolute atomic E-state index is 13.0. The first-order chi connectivity index (χ1) is 14.9. The lowest BCUT2D eigenvalue weighted by Gasteiger charge is -2.31. The van der Waals surface area contributed by atoms with Crippen molar-refractivity contribution in [3.05, 3.63) is 54.1 Å². The Labute approximate surface area is 182 Å². The van der Waals surface area contributed by atoms with Gasteiger partial charge in [-0.2, -0.15) is 4.31 Å². The number of sulfonamides is 1. The van der Waals surface area contributed by atoms with Crippen LogP contribution in [0.3, 0.4) is 0 Å². The van der Waals surface area contributed by atoms with Crippen LogP contribution in [0.2, 0.25) is 0 Å². The van der Waals surface area contributed by atoms with Crippen molar-refractivity contribution >= 4 is 32.9 Å². The third-order valence-electron chi connectivity index (χ3n) is 5.52. The van der Waals surface area contributed by atoms with Crippen molar-refractivity contribution in [2.24, 2.45) is 0 Å². The van der Waals surface area contributed by atoms with Crippen LogP contribution in [0.15, 0.2) is 53.4 Å². The van der Waals surface area contributed by atoms with Crippen LogP contribution in [0.5, 0.6) is 0 Å². The van der Waals surface area contributed by atoms with Gasteiger partial charge in [-0.3, -0.25) is 10.1 Å². The molecule has 2 heterocycles. The molecule has 1 fully saturated rings. The number of aromatic nitrogens is 2.